The van der Waals surface area contributed by atoms with Gasteiger partial charge >= 0.3 is 0 Å². The molecule has 0 aliphatic carbocycles. The molecule has 12 aromatic rings. The maximum Gasteiger partial charge on any atom is 0.0971 e. The van der Waals surface area contributed by atoms with Gasteiger partial charge in [0, 0.05) is 39.3 Å². The zero-order valence-electron chi connectivity index (χ0n) is 30.9. The SMILES string of the molecule is c1cc(-c2ccc3c4ccccc4c4nccnc4c3c2)cc(-c2cccc3c(-c4cccc5c(-n6c7ccccc7c7ccccc76)cccc45)cccc23)c1. The molecule has 3 nitrogen and oxygen atoms in total. The predicted octanol–water partition coefficient (Wildman–Crippen LogP) is 14.3. The van der Waals surface area contributed by atoms with Crippen LogP contribution in [0.25, 0.3) is 115 Å². The molecule has 0 amide bonds. The molecule has 57 heavy (non-hydrogen) atoms. The molecule has 0 bridgehead atoms. The Labute approximate surface area is 328 Å². The van der Waals surface area contributed by atoms with Crippen LogP contribution in [0, 0.1) is 0 Å². The summed E-state index contributed by atoms with van der Waals surface area (Å²) in [4.78, 5) is 9.59. The number of hydrogen-bond acceptors (Lipinski definition) is 2. The maximum absolute atomic E-state index is 4.82. The number of para-hydroxylation sites is 2. The topological polar surface area (TPSA) is 30.7 Å². The molecule has 2 heterocycles. The first-order chi connectivity index (χ1) is 28.3. The van der Waals surface area contributed by atoms with E-state index in [0.717, 1.165) is 27.4 Å². The van der Waals surface area contributed by atoms with Crippen molar-refractivity contribution in [3.8, 4) is 39.1 Å². The third-order valence-electron chi connectivity index (χ3n) is 11.9. The number of hydrogen-bond donors (Lipinski definition) is 0. The molecule has 0 N–H and O–H groups in total. The van der Waals surface area contributed by atoms with E-state index in [1.165, 1.54) is 87.6 Å². The first-order valence-corrected chi connectivity index (χ1v) is 19.5. The van der Waals surface area contributed by atoms with Gasteiger partial charge < -0.3 is 4.57 Å². The zero-order chi connectivity index (χ0) is 37.5. The Balaban J connectivity index is 1.00. The second kappa shape index (κ2) is 12.5. The van der Waals surface area contributed by atoms with Gasteiger partial charge in [0.05, 0.1) is 27.8 Å². The van der Waals surface area contributed by atoms with E-state index in [1.54, 1.807) is 12.4 Å². The highest BCUT2D eigenvalue weighted by molar-refractivity contribution is 6.23. The van der Waals surface area contributed by atoms with Crippen LogP contribution in [0.1, 0.15) is 0 Å². The molecule has 0 radical (unpaired) electrons. The summed E-state index contributed by atoms with van der Waals surface area (Å²) >= 11 is 0. The molecule has 12 rings (SSSR count). The molecule has 3 heteroatoms. The lowest BCUT2D eigenvalue weighted by Gasteiger charge is -2.16. The minimum atomic E-state index is 0.932. The minimum absolute atomic E-state index is 0.932. The molecular formula is C54H33N3. The van der Waals surface area contributed by atoms with Gasteiger partial charge in [-0.1, -0.05) is 158 Å². The maximum atomic E-state index is 4.82. The van der Waals surface area contributed by atoms with E-state index in [4.69, 9.17) is 9.97 Å². The van der Waals surface area contributed by atoms with Crippen LogP contribution in [0.2, 0.25) is 0 Å². The first-order valence-electron chi connectivity index (χ1n) is 19.5. The Bertz CT molecular complexity index is 3510. The number of benzene rings is 10. The molecule has 0 saturated heterocycles. The van der Waals surface area contributed by atoms with E-state index in [2.05, 4.69) is 193 Å². The van der Waals surface area contributed by atoms with E-state index in [9.17, 15) is 0 Å². The monoisotopic (exact) mass is 723 g/mol. The normalized spacial score (nSPS) is 11.9. The van der Waals surface area contributed by atoms with Crippen molar-refractivity contribution in [3.63, 3.8) is 0 Å². The summed E-state index contributed by atoms with van der Waals surface area (Å²) in [5.41, 5.74) is 12.7. The summed E-state index contributed by atoms with van der Waals surface area (Å²) in [6.07, 6.45) is 3.58. The molecule has 264 valence electrons. The molecule has 0 unspecified atom stereocenters. The molecule has 0 fully saturated rings. The standard InChI is InChI=1S/C54H33N3/c1-2-17-48-43(14-1)44-29-28-35(33-49(44)54-53(48)55-30-31-56-54)34-12-7-13-36(32-34)37-18-8-20-39-38(37)19-9-21-40(39)41-22-10-24-45-42(41)23-11-27-52(45)57-50-25-5-3-15-46(50)47-16-4-6-26-51(47)57/h1-33H. The minimum Gasteiger partial charge on any atom is -0.309 e. The number of rotatable bonds is 4. The molecule has 10 aromatic carbocycles. The molecule has 0 saturated carbocycles. The van der Waals surface area contributed by atoms with Gasteiger partial charge in [-0.15, -0.1) is 0 Å². The van der Waals surface area contributed by atoms with Gasteiger partial charge in [0.15, 0.2) is 0 Å². The number of fused-ring (bicyclic) bond motifs is 11. The summed E-state index contributed by atoms with van der Waals surface area (Å²) in [5, 5.41) is 12.1. The van der Waals surface area contributed by atoms with Gasteiger partial charge in [-0.3, -0.25) is 9.97 Å². The van der Waals surface area contributed by atoms with Crippen molar-refractivity contribution in [1.29, 1.82) is 0 Å². The molecule has 0 aliphatic rings. The van der Waals surface area contributed by atoms with Crippen molar-refractivity contribution in [3.05, 3.63) is 200 Å². The quantitative estimate of drug-likeness (QED) is 0.169. The highest BCUT2D eigenvalue weighted by atomic mass is 15.0. The summed E-state index contributed by atoms with van der Waals surface area (Å²) in [7, 11) is 0. The first kappa shape index (κ1) is 31.7. The average molecular weight is 724 g/mol. The van der Waals surface area contributed by atoms with Crippen molar-refractivity contribution in [2.45, 2.75) is 0 Å². The molecule has 0 atom stereocenters. The van der Waals surface area contributed by atoms with E-state index < -0.39 is 0 Å². The fourth-order valence-corrected chi connectivity index (χ4v) is 9.38. The Hall–Kier alpha value is -7.62. The van der Waals surface area contributed by atoms with Crippen molar-refractivity contribution < 1.29 is 0 Å². The van der Waals surface area contributed by atoms with E-state index in [0.29, 0.717) is 0 Å². The smallest absolute Gasteiger partial charge is 0.0971 e. The lowest BCUT2D eigenvalue weighted by molar-refractivity contribution is 1.20. The van der Waals surface area contributed by atoms with Crippen LogP contribution in [0.3, 0.4) is 0 Å². The van der Waals surface area contributed by atoms with Gasteiger partial charge in [0.2, 0.25) is 0 Å². The van der Waals surface area contributed by atoms with Gasteiger partial charge in [-0.2, -0.15) is 0 Å². The van der Waals surface area contributed by atoms with Crippen molar-refractivity contribution >= 4 is 75.9 Å². The second-order valence-corrected chi connectivity index (χ2v) is 14.9. The Morgan fingerprint density at radius 3 is 1.47 bits per heavy atom. The van der Waals surface area contributed by atoms with Crippen molar-refractivity contribution in [1.82, 2.24) is 14.5 Å². The van der Waals surface area contributed by atoms with Gasteiger partial charge in [-0.25, -0.2) is 0 Å². The van der Waals surface area contributed by atoms with E-state index in [1.807, 2.05) is 0 Å². The largest absolute Gasteiger partial charge is 0.309 e. The zero-order valence-corrected chi connectivity index (χ0v) is 30.9. The Morgan fingerprint density at radius 1 is 0.281 bits per heavy atom. The second-order valence-electron chi connectivity index (χ2n) is 14.9. The van der Waals surface area contributed by atoms with Crippen LogP contribution >= 0.6 is 0 Å². The van der Waals surface area contributed by atoms with Crippen LogP contribution < -0.4 is 0 Å². The summed E-state index contributed by atoms with van der Waals surface area (Å²) in [6, 6.07) is 68.6. The summed E-state index contributed by atoms with van der Waals surface area (Å²) in [5.74, 6) is 0. The predicted molar refractivity (Wildman–Crippen MR) is 240 cm³/mol. The lowest BCUT2D eigenvalue weighted by Crippen LogP contribution is -1.96. The Morgan fingerprint density at radius 2 is 0.754 bits per heavy atom. The number of nitrogens with zero attached hydrogens (tertiary/aromatic N) is 3. The van der Waals surface area contributed by atoms with Gasteiger partial charge in [-0.05, 0) is 90.6 Å². The third-order valence-corrected chi connectivity index (χ3v) is 11.9. The molecule has 2 aromatic heterocycles. The highest BCUT2D eigenvalue weighted by Gasteiger charge is 2.17. The van der Waals surface area contributed by atoms with E-state index >= 15 is 0 Å². The van der Waals surface area contributed by atoms with Crippen molar-refractivity contribution in [2.24, 2.45) is 0 Å². The van der Waals surface area contributed by atoms with Crippen LogP contribution in [0.4, 0.5) is 0 Å². The van der Waals surface area contributed by atoms with Gasteiger partial charge in [0.1, 0.15) is 0 Å². The van der Waals surface area contributed by atoms with E-state index in [-0.39, 0.29) is 0 Å². The summed E-state index contributed by atoms with van der Waals surface area (Å²) < 4.78 is 2.43. The third kappa shape index (κ3) is 4.79. The van der Waals surface area contributed by atoms with Gasteiger partial charge in [0.25, 0.3) is 0 Å². The average Bonchev–Trinajstić information content (AvgIpc) is 3.62. The van der Waals surface area contributed by atoms with Crippen molar-refractivity contribution in [2.75, 3.05) is 0 Å². The molecule has 0 spiro atoms. The fraction of sp³-hybridized carbons (Fsp3) is 0. The summed E-state index contributed by atoms with van der Waals surface area (Å²) in [6.45, 7) is 0. The Kier molecular flexibility index (Phi) is 6.93. The lowest BCUT2D eigenvalue weighted by atomic mass is 9.89. The fourth-order valence-electron chi connectivity index (χ4n) is 9.38. The van der Waals surface area contributed by atoms with Crippen LogP contribution in [-0.4, -0.2) is 14.5 Å². The number of aromatic nitrogens is 3. The van der Waals surface area contributed by atoms with Crippen LogP contribution in [-0.2, 0) is 0 Å². The highest BCUT2D eigenvalue weighted by Crippen LogP contribution is 2.42. The molecule has 0 aliphatic heterocycles. The van der Waals surface area contributed by atoms with Crippen LogP contribution in [0.15, 0.2) is 200 Å². The molecular weight excluding hydrogens is 691 g/mol. The van der Waals surface area contributed by atoms with Crippen LogP contribution in [0.5, 0.6) is 0 Å².